The molecule has 3 N–H and O–H groups in total. The molecule has 1 aromatic rings. The third-order valence-electron chi connectivity index (χ3n) is 2.97. The summed E-state index contributed by atoms with van der Waals surface area (Å²) in [4.78, 5) is 11.7. The first-order valence-electron chi connectivity index (χ1n) is 7.40. The van der Waals surface area contributed by atoms with Gasteiger partial charge in [-0.2, -0.15) is 8.42 Å². The second-order valence-electron chi connectivity index (χ2n) is 5.68. The number of nitrogens with one attached hydrogen (secondary N) is 1. The summed E-state index contributed by atoms with van der Waals surface area (Å²) in [6.07, 6.45) is 0.833. The van der Waals surface area contributed by atoms with E-state index in [1.165, 1.54) is 12.1 Å². The Balaban J connectivity index is 2.34. The van der Waals surface area contributed by atoms with Crippen LogP contribution in [0.3, 0.4) is 0 Å². The normalized spacial score (nSPS) is 12.9. The van der Waals surface area contributed by atoms with Crippen molar-refractivity contribution in [3.63, 3.8) is 0 Å². The summed E-state index contributed by atoms with van der Waals surface area (Å²) < 4.78 is 28.6. The summed E-state index contributed by atoms with van der Waals surface area (Å²) in [5.74, 6) is 0.0611. The lowest BCUT2D eigenvalue weighted by molar-refractivity contribution is -0.122. The van der Waals surface area contributed by atoms with Crippen molar-refractivity contribution < 1.29 is 17.4 Å². The van der Waals surface area contributed by atoms with Crippen LogP contribution in [-0.4, -0.2) is 32.7 Å². The van der Waals surface area contributed by atoms with E-state index < -0.39 is 16.2 Å². The zero-order valence-electron chi connectivity index (χ0n) is 13.3. The van der Waals surface area contributed by atoms with E-state index in [-0.39, 0.29) is 30.4 Å². The smallest absolute Gasteiger partial charge is 0.309 e. The van der Waals surface area contributed by atoms with E-state index in [9.17, 15) is 13.2 Å². The van der Waals surface area contributed by atoms with Crippen LogP contribution in [0.1, 0.15) is 26.7 Å². The van der Waals surface area contributed by atoms with E-state index >= 15 is 0 Å². The minimum absolute atomic E-state index is 0.199. The quantitative estimate of drug-likeness (QED) is 0.516. The van der Waals surface area contributed by atoms with Crippen molar-refractivity contribution in [3.8, 4) is 5.75 Å². The molecule has 0 aliphatic rings. The van der Waals surface area contributed by atoms with Crippen LogP contribution in [0.2, 0.25) is 5.02 Å². The third-order valence-corrected chi connectivity index (χ3v) is 4.46. The van der Waals surface area contributed by atoms with E-state index in [1.54, 1.807) is 12.1 Å². The van der Waals surface area contributed by atoms with Gasteiger partial charge in [0.2, 0.25) is 5.91 Å². The molecule has 0 aliphatic carbocycles. The summed E-state index contributed by atoms with van der Waals surface area (Å²) in [5.41, 5.74) is 5.73. The van der Waals surface area contributed by atoms with Crippen molar-refractivity contribution >= 4 is 27.6 Å². The van der Waals surface area contributed by atoms with E-state index in [4.69, 9.17) is 21.5 Å². The number of benzene rings is 1. The maximum absolute atomic E-state index is 11.8. The van der Waals surface area contributed by atoms with Crippen molar-refractivity contribution in [3.05, 3.63) is 29.3 Å². The van der Waals surface area contributed by atoms with Gasteiger partial charge in [-0.25, -0.2) is 0 Å². The standard InChI is InChI=1S/C15H23ClN2O4S/c1-11(2)10-14(17)15(19)18-8-3-9-23(20,21)22-13-6-4-12(16)5-7-13/h4-7,11,14H,3,8-10,17H2,1-2H3,(H,18,19)/t14-/m0/s1. The maximum atomic E-state index is 11.8. The highest BCUT2D eigenvalue weighted by molar-refractivity contribution is 7.87. The Kier molecular flexibility index (Phi) is 7.81. The van der Waals surface area contributed by atoms with E-state index in [0.717, 1.165) is 0 Å². The highest BCUT2D eigenvalue weighted by Gasteiger charge is 2.16. The largest absolute Gasteiger partial charge is 0.382 e. The van der Waals surface area contributed by atoms with Crippen LogP contribution in [0, 0.1) is 5.92 Å². The van der Waals surface area contributed by atoms with Crippen LogP contribution in [0.4, 0.5) is 0 Å². The maximum Gasteiger partial charge on any atom is 0.309 e. The molecule has 1 rings (SSSR count). The molecule has 0 radical (unpaired) electrons. The van der Waals surface area contributed by atoms with Crippen molar-refractivity contribution in [1.29, 1.82) is 0 Å². The number of hydrogen-bond acceptors (Lipinski definition) is 5. The Morgan fingerprint density at radius 2 is 1.91 bits per heavy atom. The third kappa shape index (κ3) is 8.20. The van der Waals surface area contributed by atoms with Crippen LogP contribution in [0.15, 0.2) is 24.3 Å². The molecule has 130 valence electrons. The van der Waals surface area contributed by atoms with Crippen molar-refractivity contribution in [2.75, 3.05) is 12.3 Å². The molecule has 0 heterocycles. The number of carbonyl (C=O) groups is 1. The summed E-state index contributed by atoms with van der Waals surface area (Å²) in [5, 5.41) is 3.13. The molecule has 23 heavy (non-hydrogen) atoms. The fourth-order valence-corrected chi connectivity index (χ4v) is 3.00. The van der Waals surface area contributed by atoms with Crippen molar-refractivity contribution in [2.45, 2.75) is 32.7 Å². The molecular weight excluding hydrogens is 340 g/mol. The second-order valence-corrected chi connectivity index (χ2v) is 7.81. The van der Waals surface area contributed by atoms with Gasteiger partial charge in [-0.15, -0.1) is 0 Å². The average Bonchev–Trinajstić information content (AvgIpc) is 2.45. The molecule has 0 saturated carbocycles. The lowest BCUT2D eigenvalue weighted by Crippen LogP contribution is -2.42. The van der Waals surface area contributed by atoms with Gasteiger partial charge < -0.3 is 15.2 Å². The molecule has 0 spiro atoms. The fourth-order valence-electron chi connectivity index (χ4n) is 1.88. The van der Waals surface area contributed by atoms with Gasteiger partial charge in [0.15, 0.2) is 0 Å². The highest BCUT2D eigenvalue weighted by atomic mass is 35.5. The van der Waals surface area contributed by atoms with Crippen LogP contribution in [0.25, 0.3) is 0 Å². The predicted octanol–water partition coefficient (Wildman–Crippen LogP) is 1.93. The van der Waals surface area contributed by atoms with Gasteiger partial charge in [0.05, 0.1) is 11.8 Å². The Morgan fingerprint density at radius 3 is 2.48 bits per heavy atom. The van der Waals surface area contributed by atoms with Crippen LogP contribution in [0.5, 0.6) is 5.75 Å². The molecule has 1 amide bonds. The second kappa shape index (κ2) is 9.10. The minimum Gasteiger partial charge on any atom is -0.382 e. The molecular formula is C15H23ClN2O4S. The molecule has 1 aromatic carbocycles. The van der Waals surface area contributed by atoms with Crippen LogP contribution in [-0.2, 0) is 14.9 Å². The molecule has 0 aromatic heterocycles. The number of carbonyl (C=O) groups excluding carboxylic acids is 1. The van der Waals surface area contributed by atoms with Gasteiger partial charge in [0.1, 0.15) is 5.75 Å². The first kappa shape index (κ1) is 19.7. The van der Waals surface area contributed by atoms with Gasteiger partial charge >= 0.3 is 10.1 Å². The Hall–Kier alpha value is -1.31. The van der Waals surface area contributed by atoms with Gasteiger partial charge in [0, 0.05) is 11.6 Å². The lowest BCUT2D eigenvalue weighted by Gasteiger charge is -2.14. The monoisotopic (exact) mass is 362 g/mol. The van der Waals surface area contributed by atoms with Crippen molar-refractivity contribution in [1.82, 2.24) is 5.32 Å². The average molecular weight is 363 g/mol. The molecule has 0 unspecified atom stereocenters. The van der Waals surface area contributed by atoms with Gasteiger partial charge in [-0.3, -0.25) is 4.79 Å². The minimum atomic E-state index is -3.71. The molecule has 6 nitrogen and oxygen atoms in total. The first-order chi connectivity index (χ1) is 10.7. The van der Waals surface area contributed by atoms with Crippen LogP contribution >= 0.6 is 11.6 Å². The molecule has 8 heteroatoms. The zero-order chi connectivity index (χ0) is 17.5. The van der Waals surface area contributed by atoms with Gasteiger partial charge in [-0.05, 0) is 43.0 Å². The summed E-state index contributed by atoms with van der Waals surface area (Å²) in [6, 6.07) is 5.47. The molecule has 0 fully saturated rings. The number of rotatable bonds is 9. The Labute approximate surface area is 142 Å². The Bertz CT molecular complexity index is 602. The molecule has 0 saturated heterocycles. The van der Waals surface area contributed by atoms with E-state index in [1.807, 2.05) is 13.8 Å². The fraction of sp³-hybridized carbons (Fsp3) is 0.533. The molecule has 1 atom stereocenters. The summed E-state index contributed by atoms with van der Waals surface area (Å²) >= 11 is 5.72. The predicted molar refractivity (Wildman–Crippen MR) is 90.9 cm³/mol. The Morgan fingerprint density at radius 1 is 1.30 bits per heavy atom. The number of hydrogen-bond donors (Lipinski definition) is 2. The van der Waals surface area contributed by atoms with Crippen LogP contribution < -0.4 is 15.2 Å². The molecule has 0 aliphatic heterocycles. The number of nitrogens with two attached hydrogens (primary N) is 1. The van der Waals surface area contributed by atoms with Crippen molar-refractivity contribution in [2.24, 2.45) is 11.7 Å². The highest BCUT2D eigenvalue weighted by Crippen LogP contribution is 2.17. The van der Waals surface area contributed by atoms with E-state index in [2.05, 4.69) is 5.32 Å². The summed E-state index contributed by atoms with van der Waals surface area (Å²) in [6.45, 7) is 4.19. The SMILES string of the molecule is CC(C)C[C@H](N)C(=O)NCCCS(=O)(=O)Oc1ccc(Cl)cc1. The topological polar surface area (TPSA) is 98.5 Å². The number of amides is 1. The lowest BCUT2D eigenvalue weighted by atomic mass is 10.0. The van der Waals surface area contributed by atoms with Gasteiger partial charge in [-0.1, -0.05) is 25.4 Å². The van der Waals surface area contributed by atoms with Gasteiger partial charge in [0.25, 0.3) is 0 Å². The van der Waals surface area contributed by atoms with E-state index in [0.29, 0.717) is 17.4 Å². The number of halogens is 1. The zero-order valence-corrected chi connectivity index (χ0v) is 14.9. The first-order valence-corrected chi connectivity index (χ1v) is 9.36. The summed E-state index contributed by atoms with van der Waals surface area (Å²) in [7, 11) is -3.71. The molecule has 0 bridgehead atoms.